The number of H-pyrrole nitrogens is 1. The number of hydrogen-bond acceptors (Lipinski definition) is 5. The van der Waals surface area contributed by atoms with Crippen molar-refractivity contribution in [2.75, 3.05) is 5.43 Å². The third-order valence-corrected chi connectivity index (χ3v) is 5.85. The van der Waals surface area contributed by atoms with Crippen LogP contribution in [0, 0.1) is 0 Å². The van der Waals surface area contributed by atoms with Gasteiger partial charge < -0.3 is 4.98 Å². The number of anilines is 1. The van der Waals surface area contributed by atoms with Crippen molar-refractivity contribution < 1.29 is 0 Å². The Morgan fingerprint density at radius 2 is 2.15 bits per heavy atom. The lowest BCUT2D eigenvalue weighted by atomic mass is 10.1. The Morgan fingerprint density at radius 1 is 1.27 bits per heavy atom. The van der Waals surface area contributed by atoms with Crippen LogP contribution >= 0.6 is 11.3 Å². The van der Waals surface area contributed by atoms with Crippen molar-refractivity contribution in [3.63, 3.8) is 0 Å². The van der Waals surface area contributed by atoms with E-state index < -0.39 is 0 Å². The molecule has 132 valence electrons. The zero-order valence-corrected chi connectivity index (χ0v) is 15.9. The first-order valence-corrected chi connectivity index (χ1v) is 9.61. The van der Waals surface area contributed by atoms with Crippen molar-refractivity contribution in [3.05, 3.63) is 52.8 Å². The molecule has 5 nitrogen and oxygen atoms in total. The first-order valence-electron chi connectivity index (χ1n) is 8.80. The van der Waals surface area contributed by atoms with Crippen molar-refractivity contribution >= 4 is 44.5 Å². The van der Waals surface area contributed by atoms with Crippen molar-refractivity contribution in [2.45, 2.75) is 33.1 Å². The van der Waals surface area contributed by atoms with Crippen molar-refractivity contribution in [2.24, 2.45) is 5.10 Å². The molecule has 0 aliphatic heterocycles. The van der Waals surface area contributed by atoms with Crippen LogP contribution in [0.15, 0.2) is 41.9 Å². The fourth-order valence-electron chi connectivity index (χ4n) is 3.05. The third kappa shape index (κ3) is 2.97. The highest BCUT2D eigenvalue weighted by atomic mass is 32.1. The molecule has 0 unspecified atom stereocenters. The molecule has 0 radical (unpaired) electrons. The van der Waals surface area contributed by atoms with E-state index in [0.29, 0.717) is 5.92 Å². The van der Waals surface area contributed by atoms with Gasteiger partial charge in [-0.05, 0) is 24.0 Å². The Balaban J connectivity index is 1.62. The van der Waals surface area contributed by atoms with Gasteiger partial charge in [-0.1, -0.05) is 39.0 Å². The van der Waals surface area contributed by atoms with Gasteiger partial charge >= 0.3 is 0 Å². The molecule has 0 saturated carbocycles. The lowest BCUT2D eigenvalue weighted by Crippen LogP contribution is -1.94. The number of fused-ring (bicyclic) bond motifs is 2. The second-order valence-corrected chi connectivity index (χ2v) is 7.61. The van der Waals surface area contributed by atoms with E-state index in [1.165, 1.54) is 21.3 Å². The highest BCUT2D eigenvalue weighted by molar-refractivity contribution is 7.18. The number of aromatic amines is 1. The number of nitrogens with zero attached hydrogens (tertiary/aromatic N) is 3. The second kappa shape index (κ2) is 6.88. The smallest absolute Gasteiger partial charge is 0.158 e. The minimum atomic E-state index is 0.476. The first kappa shape index (κ1) is 16.7. The minimum Gasteiger partial charge on any atom is -0.360 e. The molecule has 0 fully saturated rings. The third-order valence-electron chi connectivity index (χ3n) is 4.51. The molecule has 0 saturated heterocycles. The average molecular weight is 363 g/mol. The maximum Gasteiger partial charge on any atom is 0.158 e. The molecule has 4 rings (SSSR count). The summed E-state index contributed by atoms with van der Waals surface area (Å²) in [5, 5.41) is 6.61. The highest BCUT2D eigenvalue weighted by Crippen LogP contribution is 2.32. The molecule has 3 heterocycles. The van der Waals surface area contributed by atoms with Crippen molar-refractivity contribution in [1.29, 1.82) is 0 Å². The first-order chi connectivity index (χ1) is 12.7. The summed E-state index contributed by atoms with van der Waals surface area (Å²) in [4.78, 5) is 14.4. The summed E-state index contributed by atoms with van der Waals surface area (Å²) < 4.78 is 0. The maximum atomic E-state index is 4.41. The molecule has 1 aromatic carbocycles. The summed E-state index contributed by atoms with van der Waals surface area (Å²) in [5.74, 6) is 1.22. The van der Waals surface area contributed by atoms with E-state index in [1.807, 2.05) is 12.4 Å². The average Bonchev–Trinajstić information content (AvgIpc) is 3.26. The van der Waals surface area contributed by atoms with E-state index in [0.717, 1.165) is 28.0 Å². The van der Waals surface area contributed by atoms with Gasteiger partial charge in [0, 0.05) is 27.5 Å². The molecule has 26 heavy (non-hydrogen) atoms. The Bertz CT molecular complexity index is 1090. The molecular formula is C20H21N5S. The Kier molecular flexibility index (Phi) is 4.42. The largest absolute Gasteiger partial charge is 0.360 e. The Morgan fingerprint density at radius 3 is 2.96 bits per heavy atom. The number of hydrogen-bond donors (Lipinski definition) is 2. The lowest BCUT2D eigenvalue weighted by Gasteiger charge is -2.00. The van der Waals surface area contributed by atoms with E-state index >= 15 is 0 Å². The van der Waals surface area contributed by atoms with E-state index in [9.17, 15) is 0 Å². The van der Waals surface area contributed by atoms with Crippen LogP contribution in [0.2, 0.25) is 0 Å². The zero-order chi connectivity index (χ0) is 18.1. The van der Waals surface area contributed by atoms with Gasteiger partial charge in [-0.25, -0.2) is 9.97 Å². The van der Waals surface area contributed by atoms with Crippen LogP contribution < -0.4 is 5.43 Å². The predicted molar refractivity (Wildman–Crippen MR) is 110 cm³/mol. The maximum absolute atomic E-state index is 4.41. The molecule has 3 aromatic heterocycles. The molecule has 0 atom stereocenters. The number of aromatic nitrogens is 3. The molecule has 0 bridgehead atoms. The number of aryl methyl sites for hydroxylation is 1. The van der Waals surface area contributed by atoms with Crippen molar-refractivity contribution in [1.82, 2.24) is 15.0 Å². The fraction of sp³-hybridized carbons (Fsp3) is 0.250. The number of nitrogens with one attached hydrogen (secondary N) is 2. The summed E-state index contributed by atoms with van der Waals surface area (Å²) in [5.41, 5.74) is 6.63. The molecule has 4 aromatic rings. The van der Waals surface area contributed by atoms with Crippen LogP contribution in [0.1, 0.15) is 42.7 Å². The number of hydrazone groups is 1. The van der Waals surface area contributed by atoms with Crippen LogP contribution in [0.5, 0.6) is 0 Å². The van der Waals surface area contributed by atoms with Gasteiger partial charge in [0.2, 0.25) is 0 Å². The van der Waals surface area contributed by atoms with Gasteiger partial charge in [-0.15, -0.1) is 11.3 Å². The van der Waals surface area contributed by atoms with Gasteiger partial charge in [0.15, 0.2) is 5.82 Å². The molecule has 0 aliphatic rings. The topological polar surface area (TPSA) is 66.0 Å². The standard InChI is InChI=1S/C20H21N5S/c1-4-13-6-5-7-15-14(9-21-18(13)15)10-24-25-19-16-8-17(12(2)3)26-20(16)23-11-22-19/h5-12,21H,4H2,1-3H3,(H,22,23,25). The van der Waals surface area contributed by atoms with E-state index in [1.54, 1.807) is 17.7 Å². The monoisotopic (exact) mass is 363 g/mol. The zero-order valence-electron chi connectivity index (χ0n) is 15.1. The van der Waals surface area contributed by atoms with Gasteiger partial charge in [0.05, 0.1) is 11.6 Å². The molecule has 6 heteroatoms. The molecule has 2 N–H and O–H groups in total. The van der Waals surface area contributed by atoms with Crippen LogP contribution in [-0.2, 0) is 6.42 Å². The van der Waals surface area contributed by atoms with E-state index in [2.05, 4.69) is 70.5 Å². The van der Waals surface area contributed by atoms with Gasteiger partial charge in [0.25, 0.3) is 0 Å². The summed E-state index contributed by atoms with van der Waals surface area (Å²) >= 11 is 1.71. The number of thiophene rings is 1. The SMILES string of the molecule is CCc1cccc2c(C=NNc3ncnc4sc(C(C)C)cc34)c[nH]c12. The van der Waals surface area contributed by atoms with Crippen molar-refractivity contribution in [3.8, 4) is 0 Å². The Labute approximate surface area is 156 Å². The number of benzene rings is 1. The van der Waals surface area contributed by atoms with Gasteiger partial charge in [-0.3, -0.25) is 5.43 Å². The van der Waals surface area contributed by atoms with Crippen LogP contribution in [-0.4, -0.2) is 21.2 Å². The molecular weight excluding hydrogens is 342 g/mol. The van der Waals surface area contributed by atoms with Crippen LogP contribution in [0.25, 0.3) is 21.1 Å². The molecule has 0 aliphatic carbocycles. The summed E-state index contributed by atoms with van der Waals surface area (Å²) in [6.07, 6.45) is 6.41. The fourth-order valence-corrected chi connectivity index (χ4v) is 4.05. The van der Waals surface area contributed by atoms with E-state index in [4.69, 9.17) is 0 Å². The number of rotatable bonds is 5. The summed E-state index contributed by atoms with van der Waals surface area (Å²) in [6.45, 7) is 6.54. The predicted octanol–water partition coefficient (Wildman–Crippen LogP) is 5.30. The summed E-state index contributed by atoms with van der Waals surface area (Å²) in [7, 11) is 0. The van der Waals surface area contributed by atoms with Crippen LogP contribution in [0.3, 0.4) is 0 Å². The molecule has 0 spiro atoms. The van der Waals surface area contributed by atoms with Gasteiger partial charge in [0.1, 0.15) is 11.2 Å². The quantitative estimate of drug-likeness (QED) is 0.373. The lowest BCUT2D eigenvalue weighted by molar-refractivity contribution is 0.890. The number of para-hydroxylation sites is 1. The Hall–Kier alpha value is -2.73. The minimum absolute atomic E-state index is 0.476. The van der Waals surface area contributed by atoms with Gasteiger partial charge in [-0.2, -0.15) is 5.10 Å². The van der Waals surface area contributed by atoms with Crippen LogP contribution in [0.4, 0.5) is 5.82 Å². The molecule has 0 amide bonds. The normalized spacial score (nSPS) is 12.0. The van der Waals surface area contributed by atoms with E-state index in [-0.39, 0.29) is 0 Å². The second-order valence-electron chi connectivity index (χ2n) is 6.55. The summed E-state index contributed by atoms with van der Waals surface area (Å²) in [6, 6.07) is 8.51. The highest BCUT2D eigenvalue weighted by Gasteiger charge is 2.10.